The van der Waals surface area contributed by atoms with Gasteiger partial charge in [-0.3, -0.25) is 0 Å². The van der Waals surface area contributed by atoms with E-state index < -0.39 is 18.3 Å². The molecule has 0 aliphatic heterocycles. The summed E-state index contributed by atoms with van der Waals surface area (Å²) in [6, 6.07) is 11.3. The Labute approximate surface area is 121 Å². The van der Waals surface area contributed by atoms with Crippen LogP contribution < -0.4 is 10.5 Å². The van der Waals surface area contributed by atoms with Crippen LogP contribution in [0.3, 0.4) is 0 Å². The van der Waals surface area contributed by atoms with Crippen molar-refractivity contribution in [1.29, 1.82) is 0 Å². The molecule has 0 heterocycles. The molecule has 5 heteroatoms. The molecule has 0 atom stereocenters. The maximum absolute atomic E-state index is 14.0. The molecule has 0 saturated heterocycles. The summed E-state index contributed by atoms with van der Waals surface area (Å²) < 4.78 is 46.4. The second-order valence-corrected chi connectivity index (χ2v) is 4.69. The molecule has 0 spiro atoms. The molecule has 0 aliphatic carbocycles. The van der Waals surface area contributed by atoms with Gasteiger partial charge in [0.15, 0.2) is 6.61 Å². The second kappa shape index (κ2) is 6.63. The Morgan fingerprint density at radius 1 is 1.05 bits per heavy atom. The first-order valence-corrected chi connectivity index (χ1v) is 6.57. The average Bonchev–Trinajstić information content (AvgIpc) is 2.46. The van der Waals surface area contributed by atoms with E-state index in [1.807, 2.05) is 0 Å². The maximum atomic E-state index is 14.0. The molecule has 0 aromatic heterocycles. The van der Waals surface area contributed by atoms with Crippen LogP contribution in [0.25, 0.3) is 0 Å². The molecule has 21 heavy (non-hydrogen) atoms. The zero-order valence-electron chi connectivity index (χ0n) is 11.4. The van der Waals surface area contributed by atoms with Crippen molar-refractivity contribution in [3.8, 4) is 5.75 Å². The van der Waals surface area contributed by atoms with E-state index in [-0.39, 0.29) is 11.3 Å². The topological polar surface area (TPSA) is 35.2 Å². The number of rotatable bonds is 6. The van der Waals surface area contributed by atoms with Crippen molar-refractivity contribution in [1.82, 2.24) is 0 Å². The Balaban J connectivity index is 2.09. The van der Waals surface area contributed by atoms with Crippen LogP contribution in [-0.2, 0) is 12.3 Å². The van der Waals surface area contributed by atoms with Gasteiger partial charge < -0.3 is 10.5 Å². The van der Waals surface area contributed by atoms with E-state index in [2.05, 4.69) is 0 Å². The lowest BCUT2D eigenvalue weighted by Crippen LogP contribution is -2.23. The molecule has 2 nitrogen and oxygen atoms in total. The summed E-state index contributed by atoms with van der Waals surface area (Å²) in [5, 5.41) is 0. The third-order valence-corrected chi connectivity index (χ3v) is 2.98. The van der Waals surface area contributed by atoms with Gasteiger partial charge in [-0.15, -0.1) is 0 Å². The molecule has 0 fully saturated rings. The summed E-state index contributed by atoms with van der Waals surface area (Å²) in [5.74, 6) is -3.59. The molecular formula is C16H16F3NO. The number of ether oxygens (including phenoxy) is 1. The van der Waals surface area contributed by atoms with Crippen molar-refractivity contribution in [2.24, 2.45) is 5.73 Å². The third-order valence-electron chi connectivity index (χ3n) is 2.98. The standard InChI is InChI=1S/C16H16F3NO/c17-14-8-12(6-7-20)9-15(10-14)21-11-16(18,19)13-4-2-1-3-5-13/h1-5,8-10H,6-7,11,20H2. The molecule has 0 bridgehead atoms. The maximum Gasteiger partial charge on any atom is 0.306 e. The van der Waals surface area contributed by atoms with Crippen LogP contribution in [0, 0.1) is 5.82 Å². The van der Waals surface area contributed by atoms with Crippen molar-refractivity contribution < 1.29 is 17.9 Å². The molecule has 2 N–H and O–H groups in total. The summed E-state index contributed by atoms with van der Waals surface area (Å²) >= 11 is 0. The highest BCUT2D eigenvalue weighted by atomic mass is 19.3. The SMILES string of the molecule is NCCc1cc(F)cc(OCC(F)(F)c2ccccc2)c1. The van der Waals surface area contributed by atoms with Crippen molar-refractivity contribution in [3.63, 3.8) is 0 Å². The molecule has 2 rings (SSSR count). The second-order valence-electron chi connectivity index (χ2n) is 4.69. The van der Waals surface area contributed by atoms with Gasteiger partial charge in [-0.25, -0.2) is 4.39 Å². The highest BCUT2D eigenvalue weighted by Gasteiger charge is 2.32. The zero-order valence-corrected chi connectivity index (χ0v) is 11.4. The molecule has 0 radical (unpaired) electrons. The van der Waals surface area contributed by atoms with E-state index in [9.17, 15) is 13.2 Å². The van der Waals surface area contributed by atoms with Crippen LogP contribution >= 0.6 is 0 Å². The van der Waals surface area contributed by atoms with Gasteiger partial charge in [0.05, 0.1) is 0 Å². The van der Waals surface area contributed by atoms with Crippen LogP contribution in [0.1, 0.15) is 11.1 Å². The first kappa shape index (κ1) is 15.4. The van der Waals surface area contributed by atoms with E-state index in [4.69, 9.17) is 10.5 Å². The Morgan fingerprint density at radius 2 is 1.76 bits per heavy atom. The number of alkyl halides is 2. The van der Waals surface area contributed by atoms with E-state index in [1.165, 1.54) is 36.4 Å². The van der Waals surface area contributed by atoms with Crippen LogP contribution in [0.4, 0.5) is 13.2 Å². The van der Waals surface area contributed by atoms with Gasteiger partial charge in [0, 0.05) is 11.6 Å². The molecule has 2 aromatic rings. The van der Waals surface area contributed by atoms with Crippen molar-refractivity contribution >= 4 is 0 Å². The van der Waals surface area contributed by atoms with Crippen LogP contribution in [0.15, 0.2) is 48.5 Å². The smallest absolute Gasteiger partial charge is 0.306 e. The minimum Gasteiger partial charge on any atom is -0.487 e. The lowest BCUT2D eigenvalue weighted by molar-refractivity contribution is -0.0468. The molecule has 0 unspecified atom stereocenters. The highest BCUT2D eigenvalue weighted by Crippen LogP contribution is 2.29. The largest absolute Gasteiger partial charge is 0.487 e. The molecular weight excluding hydrogens is 279 g/mol. The Morgan fingerprint density at radius 3 is 2.43 bits per heavy atom. The van der Waals surface area contributed by atoms with Gasteiger partial charge in [0.1, 0.15) is 11.6 Å². The Bertz CT molecular complexity index is 587. The van der Waals surface area contributed by atoms with Gasteiger partial charge in [-0.05, 0) is 30.7 Å². The first-order chi connectivity index (χ1) is 10.0. The van der Waals surface area contributed by atoms with Crippen molar-refractivity contribution in [3.05, 3.63) is 65.5 Å². The number of hydrogen-bond acceptors (Lipinski definition) is 2. The lowest BCUT2D eigenvalue weighted by Gasteiger charge is -2.18. The minimum absolute atomic E-state index is 0.0778. The fourth-order valence-corrected chi connectivity index (χ4v) is 1.95. The minimum atomic E-state index is -3.14. The monoisotopic (exact) mass is 295 g/mol. The normalized spacial score (nSPS) is 11.4. The lowest BCUT2D eigenvalue weighted by atomic mass is 10.1. The molecule has 2 aromatic carbocycles. The van der Waals surface area contributed by atoms with Gasteiger partial charge in [-0.1, -0.05) is 30.3 Å². The van der Waals surface area contributed by atoms with Gasteiger partial charge in [0.25, 0.3) is 0 Å². The summed E-state index contributed by atoms with van der Waals surface area (Å²) in [6.45, 7) is -0.494. The molecule has 0 saturated carbocycles. The number of benzene rings is 2. The predicted octanol–water partition coefficient (Wildman–Crippen LogP) is 3.50. The van der Waals surface area contributed by atoms with E-state index in [0.29, 0.717) is 18.5 Å². The van der Waals surface area contributed by atoms with Crippen LogP contribution in [-0.4, -0.2) is 13.2 Å². The third kappa shape index (κ3) is 4.23. The first-order valence-electron chi connectivity index (χ1n) is 6.57. The van der Waals surface area contributed by atoms with Gasteiger partial charge in [0.2, 0.25) is 0 Å². The summed E-state index contributed by atoms with van der Waals surface area (Å²) in [6.07, 6.45) is 0.462. The summed E-state index contributed by atoms with van der Waals surface area (Å²) in [4.78, 5) is 0. The van der Waals surface area contributed by atoms with E-state index in [1.54, 1.807) is 6.07 Å². The average molecular weight is 295 g/mol. The highest BCUT2D eigenvalue weighted by molar-refractivity contribution is 5.30. The summed E-state index contributed by atoms with van der Waals surface area (Å²) in [7, 11) is 0. The Hall–Kier alpha value is -2.01. The molecule has 0 aliphatic rings. The number of hydrogen-bond donors (Lipinski definition) is 1. The molecule has 0 amide bonds. The Kier molecular flexibility index (Phi) is 4.85. The van der Waals surface area contributed by atoms with Crippen molar-refractivity contribution in [2.75, 3.05) is 13.2 Å². The number of nitrogens with two attached hydrogens (primary N) is 1. The predicted molar refractivity (Wildman–Crippen MR) is 75.0 cm³/mol. The quantitative estimate of drug-likeness (QED) is 0.885. The summed E-state index contributed by atoms with van der Waals surface area (Å²) in [5.41, 5.74) is 5.88. The van der Waals surface area contributed by atoms with Crippen LogP contribution in [0.2, 0.25) is 0 Å². The van der Waals surface area contributed by atoms with E-state index >= 15 is 0 Å². The van der Waals surface area contributed by atoms with Crippen LogP contribution in [0.5, 0.6) is 5.75 Å². The van der Waals surface area contributed by atoms with Crippen molar-refractivity contribution in [2.45, 2.75) is 12.3 Å². The molecule has 112 valence electrons. The fourth-order valence-electron chi connectivity index (χ4n) is 1.95. The van der Waals surface area contributed by atoms with Gasteiger partial charge in [-0.2, -0.15) is 8.78 Å². The zero-order chi connectivity index (χ0) is 15.3. The van der Waals surface area contributed by atoms with E-state index in [0.717, 1.165) is 6.07 Å². The van der Waals surface area contributed by atoms with Gasteiger partial charge >= 0.3 is 5.92 Å². The fraction of sp³-hybridized carbons (Fsp3) is 0.250. The number of halogens is 3.